The maximum atomic E-state index is 15.7. The molecule has 0 aliphatic carbocycles. The summed E-state index contributed by atoms with van der Waals surface area (Å²) in [6, 6.07) is 42.5. The molecule has 4 aliphatic heterocycles. The smallest absolute Gasteiger partial charge is 0.264 e. The predicted molar refractivity (Wildman–Crippen MR) is 266 cm³/mol. The highest BCUT2D eigenvalue weighted by Crippen LogP contribution is 2.60. The Hall–Kier alpha value is -6.32. The van der Waals surface area contributed by atoms with Gasteiger partial charge in [0.15, 0.2) is 5.60 Å². The van der Waals surface area contributed by atoms with E-state index in [0.717, 1.165) is 65.4 Å². The Morgan fingerprint density at radius 2 is 1.51 bits per heavy atom. The Morgan fingerprint density at radius 1 is 0.838 bits per heavy atom. The average molecular weight is 932 g/mol. The number of amides is 2. The van der Waals surface area contributed by atoms with Crippen molar-refractivity contribution in [2.45, 2.75) is 81.1 Å². The number of methoxy groups -OCH3 is 2. The number of anilines is 3. The van der Waals surface area contributed by atoms with Crippen molar-refractivity contribution >= 4 is 42.1 Å². The maximum absolute atomic E-state index is 15.7. The molecule has 2 amide bonds. The van der Waals surface area contributed by atoms with Crippen LogP contribution in [0.3, 0.4) is 0 Å². The largest absolute Gasteiger partial charge is 0.497 e. The van der Waals surface area contributed by atoms with E-state index in [1.165, 1.54) is 5.19 Å². The fourth-order valence-corrected chi connectivity index (χ4v) is 15.9. The van der Waals surface area contributed by atoms with Gasteiger partial charge in [0.25, 0.3) is 11.8 Å². The molecule has 5 atom stereocenters. The number of hydrogen-bond acceptors (Lipinski definition) is 10. The predicted octanol–water partition coefficient (Wildman–Crippen LogP) is 7.21. The third-order valence-corrected chi connectivity index (χ3v) is 19.9. The van der Waals surface area contributed by atoms with Gasteiger partial charge in [-0.05, 0) is 104 Å². The van der Waals surface area contributed by atoms with Gasteiger partial charge in [0.1, 0.15) is 17.0 Å². The first-order valence-corrected chi connectivity index (χ1v) is 26.9. The van der Waals surface area contributed by atoms with Crippen LogP contribution in [0, 0.1) is 5.92 Å². The number of aliphatic hydroxyl groups excluding tert-OH is 1. The summed E-state index contributed by atoms with van der Waals surface area (Å²) in [6.45, 7) is 9.74. The van der Waals surface area contributed by atoms with Crippen molar-refractivity contribution in [1.29, 1.82) is 0 Å². The molecule has 5 aromatic carbocycles. The zero-order valence-corrected chi connectivity index (χ0v) is 40.5. The molecule has 2 spiro atoms. The molecule has 14 heteroatoms. The fraction of sp³-hybridized carbons (Fsp3) is 0.370. The van der Waals surface area contributed by atoms with Gasteiger partial charge in [-0.1, -0.05) is 103 Å². The van der Waals surface area contributed by atoms with Crippen LogP contribution in [0.5, 0.6) is 11.5 Å². The van der Waals surface area contributed by atoms with Gasteiger partial charge in [-0.25, -0.2) is 0 Å². The number of carbonyl (C=O) groups excluding carboxylic acids is 2. The van der Waals surface area contributed by atoms with Gasteiger partial charge >= 0.3 is 0 Å². The molecule has 13 nitrogen and oxygen atoms in total. The summed E-state index contributed by atoms with van der Waals surface area (Å²) in [5.74, 6) is 0.961. The van der Waals surface area contributed by atoms with Crippen molar-refractivity contribution in [1.82, 2.24) is 20.3 Å². The van der Waals surface area contributed by atoms with Crippen molar-refractivity contribution in [3.05, 3.63) is 156 Å². The van der Waals surface area contributed by atoms with Gasteiger partial charge in [-0.2, -0.15) is 0 Å². The highest BCUT2D eigenvalue weighted by atomic mass is 28.3. The SMILES string of the molecule is COc1ccc([Si](C)(C)[C@H]2[C@H](CCn3cc(C(CO)c4ccccc4)nn3)O[C@@]3(C(=O)N(Cc4ccc(N5CN(c6ccccc6)C6(CCNCC6)C5=O)cc4)c4ccc(OC)cc43)[C@@H]2C)cc1. The number of ether oxygens (including phenoxy) is 3. The molecule has 1 unspecified atom stereocenters. The van der Waals surface area contributed by atoms with Gasteiger partial charge in [-0.15, -0.1) is 5.10 Å². The summed E-state index contributed by atoms with van der Waals surface area (Å²) in [6.07, 6.45) is 3.66. The van der Waals surface area contributed by atoms with E-state index < -0.39 is 19.2 Å². The lowest BCUT2D eigenvalue weighted by Crippen LogP contribution is -2.55. The van der Waals surface area contributed by atoms with Crippen molar-refractivity contribution in [3.8, 4) is 11.5 Å². The van der Waals surface area contributed by atoms with Crippen LogP contribution in [0.2, 0.25) is 18.6 Å². The Morgan fingerprint density at radius 3 is 2.19 bits per heavy atom. The summed E-state index contributed by atoms with van der Waals surface area (Å²) in [4.78, 5) is 36.2. The van der Waals surface area contributed by atoms with Gasteiger partial charge in [0.2, 0.25) is 0 Å². The summed E-state index contributed by atoms with van der Waals surface area (Å²) < 4.78 is 20.7. The quantitative estimate of drug-likeness (QED) is 0.108. The first-order valence-electron chi connectivity index (χ1n) is 23.9. The second-order valence-electron chi connectivity index (χ2n) is 19.4. The molecule has 3 fully saturated rings. The Bertz CT molecular complexity index is 2750. The van der Waals surface area contributed by atoms with E-state index in [1.807, 2.05) is 124 Å². The fourth-order valence-electron chi connectivity index (χ4n) is 11.9. The Balaban J connectivity index is 0.959. The molecule has 0 saturated carbocycles. The van der Waals surface area contributed by atoms with Crippen LogP contribution in [0.4, 0.5) is 17.1 Å². The number of aliphatic hydroxyl groups is 1. The third kappa shape index (κ3) is 7.67. The Kier molecular flexibility index (Phi) is 12.2. The number of rotatable bonds is 14. The number of piperidine rings is 1. The van der Waals surface area contributed by atoms with Gasteiger partial charge < -0.3 is 34.4 Å². The molecule has 352 valence electrons. The summed E-state index contributed by atoms with van der Waals surface area (Å²) in [7, 11) is 0.891. The lowest BCUT2D eigenvalue weighted by atomic mass is 9.82. The minimum absolute atomic E-state index is 0.00678. The molecule has 2 N–H and O–H groups in total. The number of carbonyl (C=O) groups is 2. The first kappa shape index (κ1) is 45.5. The molecule has 6 aromatic rings. The minimum atomic E-state index is -2.44. The molecular formula is C54H61N7O6Si. The maximum Gasteiger partial charge on any atom is 0.264 e. The molecule has 4 aliphatic rings. The zero-order valence-electron chi connectivity index (χ0n) is 39.5. The number of aromatic nitrogens is 3. The number of para-hydroxylation sites is 1. The number of benzene rings is 5. The van der Waals surface area contributed by atoms with Crippen molar-refractivity contribution in [3.63, 3.8) is 0 Å². The van der Waals surface area contributed by atoms with Crippen LogP contribution >= 0.6 is 0 Å². The van der Waals surface area contributed by atoms with Crippen LogP contribution in [0.25, 0.3) is 0 Å². The topological polar surface area (TPSA) is 135 Å². The number of nitrogens with zero attached hydrogens (tertiary/aromatic N) is 6. The van der Waals surface area contributed by atoms with Crippen molar-refractivity contribution < 1.29 is 28.9 Å². The molecule has 1 aromatic heterocycles. The van der Waals surface area contributed by atoms with Crippen LogP contribution in [0.15, 0.2) is 134 Å². The van der Waals surface area contributed by atoms with E-state index in [4.69, 9.17) is 14.2 Å². The van der Waals surface area contributed by atoms with Crippen molar-refractivity contribution in [2.75, 3.05) is 55.3 Å². The van der Waals surface area contributed by atoms with E-state index >= 15 is 4.79 Å². The third-order valence-electron chi connectivity index (χ3n) is 15.5. The Labute approximate surface area is 399 Å². The summed E-state index contributed by atoms with van der Waals surface area (Å²) in [5, 5.41) is 24.2. The molecular weight excluding hydrogens is 871 g/mol. The number of hydrogen-bond donors (Lipinski definition) is 2. The molecule has 10 rings (SSSR count). The second-order valence-corrected chi connectivity index (χ2v) is 24.0. The lowest BCUT2D eigenvalue weighted by molar-refractivity contribution is -0.146. The van der Waals surface area contributed by atoms with E-state index in [1.54, 1.807) is 14.2 Å². The highest BCUT2D eigenvalue weighted by molar-refractivity contribution is 6.91. The van der Waals surface area contributed by atoms with Gasteiger partial charge in [0.05, 0.1) is 65.5 Å². The molecule has 0 bridgehead atoms. The number of nitrogens with one attached hydrogen (secondary N) is 1. The van der Waals surface area contributed by atoms with E-state index in [2.05, 4.69) is 64.8 Å². The van der Waals surface area contributed by atoms with Gasteiger partial charge in [-0.3, -0.25) is 19.2 Å². The minimum Gasteiger partial charge on any atom is -0.497 e. The molecule has 0 radical (unpaired) electrons. The number of aryl methyl sites for hydroxylation is 1. The lowest BCUT2D eigenvalue weighted by Gasteiger charge is -2.39. The molecule has 5 heterocycles. The van der Waals surface area contributed by atoms with Crippen LogP contribution in [-0.2, 0) is 33.0 Å². The first-order chi connectivity index (χ1) is 33.0. The van der Waals surface area contributed by atoms with E-state index in [9.17, 15) is 9.90 Å². The van der Waals surface area contributed by atoms with E-state index in [-0.39, 0.29) is 41.9 Å². The van der Waals surface area contributed by atoms with Crippen LogP contribution in [0.1, 0.15) is 54.5 Å². The standard InChI is InChI=1S/C54H61N7O6Si/c1-37-50(68(4,5)44-23-20-42(65-2)21-24-44)49(26-31-58-34-47(56-57-58)45(35-62)39-12-8-6-9-13-39)67-54(37)46-32-43(66-3)22-25-48(46)59(52(54)64)33-38-16-18-40(19-17-38)60-36-61(41-14-10-7-11-15-41)53(51(60)63)27-29-55-30-28-53/h6-25,32,34,37,45,49-50,55,62H,26-31,33,35-36H2,1-5H3/t37-,45?,49+,50-,54+/m1/s1. The second kappa shape index (κ2) is 18.3. The monoisotopic (exact) mass is 931 g/mol. The van der Waals surface area contributed by atoms with Crippen molar-refractivity contribution in [2.24, 2.45) is 5.92 Å². The summed E-state index contributed by atoms with van der Waals surface area (Å²) in [5.41, 5.74) is 4.22. The molecule has 68 heavy (non-hydrogen) atoms. The highest BCUT2D eigenvalue weighted by Gasteiger charge is 2.66. The van der Waals surface area contributed by atoms with Crippen LogP contribution < -0.4 is 34.7 Å². The average Bonchev–Trinajstić information content (AvgIpc) is 4.10. The number of fused-ring (bicyclic) bond motifs is 2. The zero-order chi connectivity index (χ0) is 47.2. The molecule has 3 saturated heterocycles. The van der Waals surface area contributed by atoms with Gasteiger partial charge in [0, 0.05) is 35.6 Å². The van der Waals surface area contributed by atoms with Crippen LogP contribution in [-0.4, -0.2) is 92.2 Å². The summed E-state index contributed by atoms with van der Waals surface area (Å²) >= 11 is 0. The van der Waals surface area contributed by atoms with E-state index in [0.29, 0.717) is 37.6 Å². The normalized spacial score (nSPS) is 22.6.